The van der Waals surface area contributed by atoms with Crippen LogP contribution in [0.3, 0.4) is 0 Å². The van der Waals surface area contributed by atoms with Gasteiger partial charge in [0.15, 0.2) is 0 Å². The van der Waals surface area contributed by atoms with E-state index in [-0.39, 0.29) is 24.2 Å². The van der Waals surface area contributed by atoms with Crippen molar-refractivity contribution in [3.8, 4) is 0 Å². The summed E-state index contributed by atoms with van der Waals surface area (Å²) < 4.78 is 27.5. The molecule has 23 heavy (non-hydrogen) atoms. The summed E-state index contributed by atoms with van der Waals surface area (Å²) in [6, 6.07) is 5.30. The normalized spacial score (nSPS) is 20.8. The molecule has 4 nitrogen and oxygen atoms in total. The number of aromatic nitrogens is 1. The lowest BCUT2D eigenvalue weighted by Crippen LogP contribution is -2.32. The number of likely N-dealkylation sites (tertiary alicyclic amines) is 1. The maximum Gasteiger partial charge on any atom is 0.273 e. The lowest BCUT2D eigenvalue weighted by Gasteiger charge is -2.24. The summed E-state index contributed by atoms with van der Waals surface area (Å²) >= 11 is 5.74. The fourth-order valence-corrected chi connectivity index (χ4v) is 2.86. The summed E-state index contributed by atoms with van der Waals surface area (Å²) in [5, 5.41) is 10.3. The number of aliphatic hydroxyl groups excluding tert-OH is 1. The van der Waals surface area contributed by atoms with Gasteiger partial charge in [-0.2, -0.15) is 0 Å². The molecular formula is C16H13ClF2N2O2. The van der Waals surface area contributed by atoms with Crippen LogP contribution in [0.15, 0.2) is 36.5 Å². The number of β-amino-alcohol motifs (C(OH)–C–C–N with tert-alkyl or cyclic N) is 1. The van der Waals surface area contributed by atoms with E-state index < -0.39 is 29.7 Å². The first-order chi connectivity index (χ1) is 11.0. The number of hydrogen-bond donors (Lipinski definition) is 1. The van der Waals surface area contributed by atoms with Gasteiger partial charge in [-0.05, 0) is 36.8 Å². The molecule has 1 aromatic carbocycles. The molecule has 1 aliphatic heterocycles. The van der Waals surface area contributed by atoms with E-state index in [4.69, 9.17) is 11.6 Å². The topological polar surface area (TPSA) is 53.4 Å². The van der Waals surface area contributed by atoms with Crippen LogP contribution in [-0.2, 0) is 0 Å². The quantitative estimate of drug-likeness (QED) is 0.916. The first kappa shape index (κ1) is 15.8. The monoisotopic (exact) mass is 338 g/mol. The van der Waals surface area contributed by atoms with Crippen LogP contribution in [0.25, 0.3) is 0 Å². The first-order valence-corrected chi connectivity index (χ1v) is 7.39. The van der Waals surface area contributed by atoms with Gasteiger partial charge in [-0.1, -0.05) is 11.6 Å². The minimum absolute atomic E-state index is 0.0315. The molecule has 0 saturated carbocycles. The summed E-state index contributed by atoms with van der Waals surface area (Å²) in [6.45, 7) is 0.0315. The number of carbonyl (C=O) groups is 1. The van der Waals surface area contributed by atoms with Crippen molar-refractivity contribution >= 4 is 17.5 Å². The molecule has 1 N–H and O–H groups in total. The number of carbonyl (C=O) groups excluding carboxylic acids is 1. The van der Waals surface area contributed by atoms with Crippen LogP contribution in [0, 0.1) is 11.6 Å². The van der Waals surface area contributed by atoms with Crippen LogP contribution >= 0.6 is 11.6 Å². The first-order valence-electron chi connectivity index (χ1n) is 7.01. The van der Waals surface area contributed by atoms with Gasteiger partial charge in [0.05, 0.1) is 17.2 Å². The molecule has 2 unspecified atom stereocenters. The summed E-state index contributed by atoms with van der Waals surface area (Å²) in [4.78, 5) is 17.8. The van der Waals surface area contributed by atoms with E-state index in [1.54, 1.807) is 0 Å². The molecule has 1 fully saturated rings. The zero-order chi connectivity index (χ0) is 16.6. The number of hydrogen-bond acceptors (Lipinski definition) is 3. The summed E-state index contributed by atoms with van der Waals surface area (Å²) in [5.74, 6) is -1.68. The fraction of sp³-hybridized carbons (Fsp3) is 0.250. The SMILES string of the molecule is O=C(c1ccc(Cl)cn1)N1CC(O)CC1c1cc(F)ccc1F. The highest BCUT2D eigenvalue weighted by Gasteiger charge is 2.37. The van der Waals surface area contributed by atoms with Crippen molar-refractivity contribution in [1.82, 2.24) is 9.88 Å². The molecule has 0 radical (unpaired) electrons. The van der Waals surface area contributed by atoms with Gasteiger partial charge >= 0.3 is 0 Å². The minimum Gasteiger partial charge on any atom is -0.391 e. The molecule has 1 aromatic heterocycles. The van der Waals surface area contributed by atoms with E-state index in [9.17, 15) is 18.7 Å². The van der Waals surface area contributed by atoms with Crippen molar-refractivity contribution in [2.24, 2.45) is 0 Å². The fourth-order valence-electron chi connectivity index (χ4n) is 2.75. The highest BCUT2D eigenvalue weighted by molar-refractivity contribution is 6.30. The Labute approximate surface area is 136 Å². The van der Waals surface area contributed by atoms with Crippen LogP contribution in [0.2, 0.25) is 5.02 Å². The molecule has 0 spiro atoms. The molecule has 1 saturated heterocycles. The van der Waals surface area contributed by atoms with Gasteiger partial charge in [0, 0.05) is 18.3 Å². The zero-order valence-electron chi connectivity index (χ0n) is 11.9. The zero-order valence-corrected chi connectivity index (χ0v) is 12.7. The van der Waals surface area contributed by atoms with Crippen LogP contribution in [0.5, 0.6) is 0 Å². The Morgan fingerprint density at radius 1 is 1.30 bits per heavy atom. The van der Waals surface area contributed by atoms with E-state index >= 15 is 0 Å². The van der Waals surface area contributed by atoms with Crippen LogP contribution < -0.4 is 0 Å². The van der Waals surface area contributed by atoms with E-state index in [0.717, 1.165) is 18.2 Å². The maximum atomic E-state index is 14.0. The second-order valence-electron chi connectivity index (χ2n) is 5.39. The molecule has 0 bridgehead atoms. The number of aliphatic hydroxyl groups is 1. The maximum absolute atomic E-state index is 14.0. The number of halogens is 3. The van der Waals surface area contributed by atoms with Crippen molar-refractivity contribution in [2.75, 3.05) is 6.54 Å². The molecule has 3 rings (SSSR count). The Morgan fingerprint density at radius 2 is 2.09 bits per heavy atom. The smallest absolute Gasteiger partial charge is 0.273 e. The molecule has 0 aliphatic carbocycles. The van der Waals surface area contributed by atoms with Crippen LogP contribution in [0.4, 0.5) is 8.78 Å². The predicted molar refractivity (Wildman–Crippen MR) is 80.0 cm³/mol. The van der Waals surface area contributed by atoms with Gasteiger partial charge in [0.25, 0.3) is 5.91 Å². The Morgan fingerprint density at radius 3 is 2.78 bits per heavy atom. The third kappa shape index (κ3) is 3.18. The van der Waals surface area contributed by atoms with Crippen LogP contribution in [-0.4, -0.2) is 33.5 Å². The molecule has 2 heterocycles. The molecule has 1 aliphatic rings. The number of rotatable bonds is 2. The number of benzene rings is 1. The van der Waals surface area contributed by atoms with Crippen molar-refractivity contribution in [3.63, 3.8) is 0 Å². The van der Waals surface area contributed by atoms with Gasteiger partial charge < -0.3 is 10.0 Å². The van der Waals surface area contributed by atoms with E-state index in [0.29, 0.717) is 5.02 Å². The summed E-state index contributed by atoms with van der Waals surface area (Å²) in [7, 11) is 0. The van der Waals surface area contributed by atoms with Gasteiger partial charge in [0.1, 0.15) is 17.3 Å². The average molecular weight is 339 g/mol. The van der Waals surface area contributed by atoms with Crippen molar-refractivity contribution < 1.29 is 18.7 Å². The molecule has 120 valence electrons. The van der Waals surface area contributed by atoms with E-state index in [1.807, 2.05) is 0 Å². The standard InChI is InChI=1S/C16H13ClF2N2O2/c17-9-1-4-14(20-7-9)16(23)21-8-11(22)6-15(21)12-5-10(18)2-3-13(12)19/h1-5,7,11,15,22H,6,8H2. The van der Waals surface area contributed by atoms with Crippen molar-refractivity contribution in [1.29, 1.82) is 0 Å². The summed E-state index contributed by atoms with van der Waals surface area (Å²) in [6.07, 6.45) is 0.664. The van der Waals surface area contributed by atoms with E-state index in [2.05, 4.69) is 4.98 Å². The van der Waals surface area contributed by atoms with Gasteiger partial charge in [-0.15, -0.1) is 0 Å². The largest absolute Gasteiger partial charge is 0.391 e. The van der Waals surface area contributed by atoms with Crippen molar-refractivity contribution in [2.45, 2.75) is 18.6 Å². The molecule has 1 amide bonds. The average Bonchev–Trinajstić information content (AvgIpc) is 2.91. The Balaban J connectivity index is 1.95. The Hall–Kier alpha value is -2.05. The second-order valence-corrected chi connectivity index (χ2v) is 5.83. The lowest BCUT2D eigenvalue weighted by molar-refractivity contribution is 0.0708. The van der Waals surface area contributed by atoms with E-state index in [1.165, 1.54) is 23.2 Å². The molecule has 2 aromatic rings. The van der Waals surface area contributed by atoms with Gasteiger partial charge in [-0.25, -0.2) is 13.8 Å². The highest BCUT2D eigenvalue weighted by atomic mass is 35.5. The van der Waals surface area contributed by atoms with Crippen LogP contribution in [0.1, 0.15) is 28.5 Å². The number of amides is 1. The molecule has 7 heteroatoms. The number of pyridine rings is 1. The minimum atomic E-state index is -0.807. The molecular weight excluding hydrogens is 326 g/mol. The van der Waals surface area contributed by atoms with Gasteiger partial charge in [0.2, 0.25) is 0 Å². The Bertz CT molecular complexity index is 739. The lowest BCUT2D eigenvalue weighted by atomic mass is 10.0. The third-order valence-electron chi connectivity index (χ3n) is 3.80. The second kappa shape index (κ2) is 6.22. The molecule has 2 atom stereocenters. The summed E-state index contributed by atoms with van der Waals surface area (Å²) in [5.41, 5.74) is 0.175. The predicted octanol–water partition coefficient (Wildman–Crippen LogP) is 2.96. The Kier molecular flexibility index (Phi) is 4.28. The van der Waals surface area contributed by atoms with Crippen molar-refractivity contribution in [3.05, 3.63) is 64.4 Å². The highest BCUT2D eigenvalue weighted by Crippen LogP contribution is 2.35. The third-order valence-corrected chi connectivity index (χ3v) is 4.03. The number of nitrogens with zero attached hydrogens (tertiary/aromatic N) is 2. The van der Waals surface area contributed by atoms with Gasteiger partial charge in [-0.3, -0.25) is 4.79 Å².